The third kappa shape index (κ3) is 4.83. The Kier molecular flexibility index (Phi) is 6.33. The highest BCUT2D eigenvalue weighted by Crippen LogP contribution is 2.42. The van der Waals surface area contributed by atoms with Gasteiger partial charge in [0, 0.05) is 21.7 Å². The van der Waals surface area contributed by atoms with Gasteiger partial charge in [0.05, 0.1) is 7.11 Å². The maximum Gasteiger partial charge on any atom is 0.330 e. The minimum Gasteiger partial charge on any atom is -0.466 e. The van der Waals surface area contributed by atoms with Crippen molar-refractivity contribution in [2.75, 3.05) is 7.11 Å². The predicted octanol–water partition coefficient (Wildman–Crippen LogP) is 6.70. The van der Waals surface area contributed by atoms with Crippen LogP contribution in [0, 0.1) is 18.6 Å². The minimum absolute atomic E-state index is 0.292. The number of methoxy groups -OCH3 is 1. The Bertz CT molecular complexity index is 1390. The number of halogens is 2. The van der Waals surface area contributed by atoms with Gasteiger partial charge < -0.3 is 9.47 Å². The molecule has 7 heteroatoms. The lowest BCUT2D eigenvalue weighted by atomic mass is 10.0. The van der Waals surface area contributed by atoms with Gasteiger partial charge in [-0.15, -0.1) is 11.3 Å². The van der Waals surface area contributed by atoms with Crippen molar-refractivity contribution in [3.8, 4) is 11.5 Å². The fourth-order valence-electron chi connectivity index (χ4n) is 3.30. The van der Waals surface area contributed by atoms with E-state index in [-0.39, 0.29) is 5.78 Å². The van der Waals surface area contributed by atoms with Crippen LogP contribution in [0.1, 0.15) is 26.4 Å². The number of hydrogen-bond acceptors (Lipinski definition) is 5. The van der Waals surface area contributed by atoms with Gasteiger partial charge in [-0.2, -0.15) is 0 Å². The number of benzene rings is 3. The maximum absolute atomic E-state index is 13.8. The molecule has 0 saturated carbocycles. The summed E-state index contributed by atoms with van der Waals surface area (Å²) in [6.07, 6.45) is 2.91. The van der Waals surface area contributed by atoms with Gasteiger partial charge in [-0.05, 0) is 72.7 Å². The number of aryl methyl sites for hydroxylation is 1. The Hall–Kier alpha value is -3.84. The van der Waals surface area contributed by atoms with Crippen molar-refractivity contribution in [2.45, 2.75) is 6.92 Å². The monoisotopic (exact) mass is 464 g/mol. The molecule has 0 saturated heterocycles. The van der Waals surface area contributed by atoms with Crippen molar-refractivity contribution >= 4 is 39.3 Å². The van der Waals surface area contributed by atoms with Gasteiger partial charge in [0.2, 0.25) is 5.78 Å². The summed E-state index contributed by atoms with van der Waals surface area (Å²) in [7, 11) is 1.30. The standard InChI is InChI=1S/C26H18F2O4S/c1-15-13-17(27)6-10-20(15)24(30)26-25(21-11-7-18(28)14-22(21)33-26)32-19-8-3-16(4-9-19)5-12-23(29)31-2/h3-14H,1-2H3/b12-5+. The zero-order valence-corrected chi connectivity index (χ0v) is 18.5. The molecule has 33 heavy (non-hydrogen) atoms. The summed E-state index contributed by atoms with van der Waals surface area (Å²) in [5.41, 5.74) is 1.59. The summed E-state index contributed by atoms with van der Waals surface area (Å²) < 4.78 is 38.6. The number of esters is 1. The lowest BCUT2D eigenvalue weighted by Gasteiger charge is -2.09. The van der Waals surface area contributed by atoms with Gasteiger partial charge in [0.25, 0.3) is 0 Å². The smallest absolute Gasteiger partial charge is 0.330 e. The number of hydrogen-bond donors (Lipinski definition) is 0. The Morgan fingerprint density at radius 1 is 0.939 bits per heavy atom. The molecule has 3 aromatic carbocycles. The van der Waals surface area contributed by atoms with Crippen LogP contribution in [0.25, 0.3) is 16.2 Å². The van der Waals surface area contributed by atoms with Crippen molar-refractivity contribution in [1.82, 2.24) is 0 Å². The largest absolute Gasteiger partial charge is 0.466 e. The second-order valence-electron chi connectivity index (χ2n) is 7.22. The summed E-state index contributed by atoms with van der Waals surface area (Å²) in [5.74, 6) is -0.886. The van der Waals surface area contributed by atoms with E-state index >= 15 is 0 Å². The summed E-state index contributed by atoms with van der Waals surface area (Å²) in [4.78, 5) is 24.9. The third-order valence-corrected chi connectivity index (χ3v) is 6.09. The van der Waals surface area contributed by atoms with Crippen molar-refractivity contribution in [3.05, 3.63) is 99.9 Å². The van der Waals surface area contributed by atoms with E-state index in [1.165, 1.54) is 43.5 Å². The Labute approximate surface area is 192 Å². The lowest BCUT2D eigenvalue weighted by molar-refractivity contribution is -0.134. The van der Waals surface area contributed by atoms with E-state index in [9.17, 15) is 18.4 Å². The lowest BCUT2D eigenvalue weighted by Crippen LogP contribution is -2.03. The first-order valence-electron chi connectivity index (χ1n) is 9.92. The van der Waals surface area contributed by atoms with E-state index in [1.54, 1.807) is 43.3 Å². The number of ketones is 1. The fraction of sp³-hybridized carbons (Fsp3) is 0.0769. The topological polar surface area (TPSA) is 52.6 Å². The van der Waals surface area contributed by atoms with E-state index in [0.717, 1.165) is 16.9 Å². The summed E-state index contributed by atoms with van der Waals surface area (Å²) in [5, 5.41) is 0.596. The molecule has 0 radical (unpaired) electrons. The van der Waals surface area contributed by atoms with Crippen LogP contribution in [0.15, 0.2) is 66.7 Å². The maximum atomic E-state index is 13.8. The van der Waals surface area contributed by atoms with E-state index in [4.69, 9.17) is 4.74 Å². The minimum atomic E-state index is -0.466. The van der Waals surface area contributed by atoms with Crippen LogP contribution in [-0.2, 0) is 9.53 Å². The van der Waals surface area contributed by atoms with Crippen molar-refractivity contribution in [1.29, 1.82) is 0 Å². The molecular weight excluding hydrogens is 446 g/mol. The number of fused-ring (bicyclic) bond motifs is 1. The molecule has 0 atom stereocenters. The van der Waals surface area contributed by atoms with Crippen LogP contribution in [0.4, 0.5) is 8.78 Å². The van der Waals surface area contributed by atoms with Gasteiger partial charge in [-0.3, -0.25) is 4.79 Å². The molecule has 0 N–H and O–H groups in total. The Balaban J connectivity index is 1.73. The van der Waals surface area contributed by atoms with Crippen LogP contribution in [-0.4, -0.2) is 18.9 Å². The van der Waals surface area contributed by atoms with E-state index in [1.807, 2.05) is 0 Å². The molecule has 1 heterocycles. The predicted molar refractivity (Wildman–Crippen MR) is 124 cm³/mol. The number of carbonyl (C=O) groups is 2. The average Bonchev–Trinajstić information content (AvgIpc) is 3.15. The van der Waals surface area contributed by atoms with Crippen molar-refractivity contribution in [2.24, 2.45) is 0 Å². The molecule has 0 spiro atoms. The molecule has 0 fully saturated rings. The molecule has 4 aromatic rings. The number of rotatable bonds is 6. The SMILES string of the molecule is COC(=O)/C=C/c1ccc(Oc2c(C(=O)c3ccc(F)cc3C)sc3cc(F)ccc23)cc1. The quantitative estimate of drug-likeness (QED) is 0.181. The molecule has 0 aliphatic rings. The highest BCUT2D eigenvalue weighted by atomic mass is 32.1. The molecule has 4 rings (SSSR count). The second-order valence-corrected chi connectivity index (χ2v) is 8.27. The normalized spacial score (nSPS) is 11.2. The van der Waals surface area contributed by atoms with Crippen LogP contribution >= 0.6 is 11.3 Å². The highest BCUT2D eigenvalue weighted by Gasteiger charge is 2.23. The Morgan fingerprint density at radius 2 is 1.64 bits per heavy atom. The number of carbonyl (C=O) groups excluding carboxylic acids is 2. The average molecular weight is 464 g/mol. The van der Waals surface area contributed by atoms with Crippen LogP contribution in [0.2, 0.25) is 0 Å². The molecule has 4 nitrogen and oxygen atoms in total. The van der Waals surface area contributed by atoms with E-state index in [2.05, 4.69) is 4.74 Å². The van der Waals surface area contributed by atoms with Gasteiger partial charge in [-0.25, -0.2) is 13.6 Å². The first-order chi connectivity index (χ1) is 15.9. The molecule has 166 valence electrons. The Morgan fingerprint density at radius 3 is 2.33 bits per heavy atom. The zero-order valence-electron chi connectivity index (χ0n) is 17.7. The van der Waals surface area contributed by atoms with Gasteiger partial charge in [-0.1, -0.05) is 12.1 Å². The first kappa shape index (κ1) is 22.4. The van der Waals surface area contributed by atoms with Gasteiger partial charge in [0.1, 0.15) is 22.3 Å². The summed E-state index contributed by atoms with van der Waals surface area (Å²) in [6.45, 7) is 1.66. The molecule has 1 aromatic heterocycles. The third-order valence-electron chi connectivity index (χ3n) is 4.96. The molecule has 0 aliphatic heterocycles. The zero-order chi connectivity index (χ0) is 23.5. The highest BCUT2D eigenvalue weighted by molar-refractivity contribution is 7.21. The summed E-state index contributed by atoms with van der Waals surface area (Å²) in [6, 6.07) is 15.1. The molecule has 0 bridgehead atoms. The fourth-order valence-corrected chi connectivity index (χ4v) is 4.41. The molecule has 0 aliphatic carbocycles. The van der Waals surface area contributed by atoms with Crippen molar-refractivity contribution in [3.63, 3.8) is 0 Å². The van der Waals surface area contributed by atoms with Gasteiger partial charge >= 0.3 is 5.97 Å². The number of ether oxygens (including phenoxy) is 2. The van der Waals surface area contributed by atoms with Gasteiger partial charge in [0.15, 0.2) is 5.75 Å². The van der Waals surface area contributed by atoms with Crippen LogP contribution in [0.3, 0.4) is 0 Å². The second kappa shape index (κ2) is 9.34. The van der Waals surface area contributed by atoms with E-state index in [0.29, 0.717) is 37.6 Å². The van der Waals surface area contributed by atoms with E-state index < -0.39 is 17.6 Å². The van der Waals surface area contributed by atoms with Crippen LogP contribution < -0.4 is 4.74 Å². The summed E-state index contributed by atoms with van der Waals surface area (Å²) >= 11 is 1.12. The molecule has 0 unspecified atom stereocenters. The van der Waals surface area contributed by atoms with Crippen LogP contribution in [0.5, 0.6) is 11.5 Å². The number of thiophene rings is 1. The first-order valence-corrected chi connectivity index (χ1v) is 10.7. The van der Waals surface area contributed by atoms with Crippen molar-refractivity contribution < 1.29 is 27.8 Å². The molecular formula is C26H18F2O4S. The molecule has 0 amide bonds.